The highest BCUT2D eigenvalue weighted by molar-refractivity contribution is 7.92. The molecule has 0 aliphatic heterocycles. The molecule has 2 aromatic rings. The largest absolute Gasteiger partial charge is 0.495 e. The summed E-state index contributed by atoms with van der Waals surface area (Å²) < 4.78 is 31.9. The molecule has 0 saturated heterocycles. The molecule has 1 N–H and O–H groups in total. The SMILES string of the molecule is COc1ccc(Cl)cc1N(CC(=O)N(CCc1ccccc1)[C@H](C)C(=O)NC1CCCCC1)S(C)(=O)=O. The lowest BCUT2D eigenvalue weighted by Crippen LogP contribution is -2.53. The van der Waals surface area contributed by atoms with E-state index in [1.807, 2.05) is 30.3 Å². The molecule has 1 atom stereocenters. The number of nitrogens with one attached hydrogen (secondary N) is 1. The molecular formula is C27H36ClN3O5S. The van der Waals surface area contributed by atoms with Crippen LogP contribution in [0, 0.1) is 0 Å². The minimum atomic E-state index is -3.89. The topological polar surface area (TPSA) is 96.0 Å². The number of hydrogen-bond acceptors (Lipinski definition) is 5. The molecule has 0 bridgehead atoms. The number of methoxy groups -OCH3 is 1. The van der Waals surface area contributed by atoms with Crippen molar-refractivity contribution in [3.63, 3.8) is 0 Å². The van der Waals surface area contributed by atoms with E-state index in [1.54, 1.807) is 19.1 Å². The lowest BCUT2D eigenvalue weighted by atomic mass is 9.95. The standard InChI is InChI=1S/C27H36ClN3O5S/c1-20(27(33)29-23-12-8-5-9-13-23)30(17-16-21-10-6-4-7-11-21)26(32)19-31(37(3,34)35)24-18-22(28)14-15-25(24)36-2/h4,6-7,10-11,14-15,18,20,23H,5,8-9,12-13,16-17,19H2,1-3H3,(H,29,33)/t20-/m1/s1. The zero-order valence-electron chi connectivity index (χ0n) is 21.7. The molecule has 8 nitrogen and oxygen atoms in total. The minimum Gasteiger partial charge on any atom is -0.495 e. The van der Waals surface area contributed by atoms with Crippen molar-refractivity contribution in [3.8, 4) is 5.75 Å². The molecule has 0 aromatic heterocycles. The van der Waals surface area contributed by atoms with Gasteiger partial charge in [-0.2, -0.15) is 0 Å². The number of sulfonamides is 1. The average Bonchev–Trinajstić information content (AvgIpc) is 2.87. The predicted octanol–water partition coefficient (Wildman–Crippen LogP) is 4.02. The fourth-order valence-corrected chi connectivity index (χ4v) is 5.60. The van der Waals surface area contributed by atoms with Gasteiger partial charge in [0.15, 0.2) is 0 Å². The molecule has 37 heavy (non-hydrogen) atoms. The third-order valence-corrected chi connectivity index (χ3v) is 8.05. The molecule has 3 rings (SSSR count). The van der Waals surface area contributed by atoms with Crippen LogP contribution >= 0.6 is 11.6 Å². The first-order valence-electron chi connectivity index (χ1n) is 12.5. The Morgan fingerprint density at radius 2 is 1.78 bits per heavy atom. The summed E-state index contributed by atoms with van der Waals surface area (Å²) in [7, 11) is -2.47. The van der Waals surface area contributed by atoms with Gasteiger partial charge in [0.1, 0.15) is 18.3 Å². The molecule has 1 aliphatic rings. The van der Waals surface area contributed by atoms with Gasteiger partial charge in [-0.25, -0.2) is 8.42 Å². The third kappa shape index (κ3) is 8.10. The number of rotatable bonds is 11. The fourth-order valence-electron chi connectivity index (χ4n) is 4.59. The van der Waals surface area contributed by atoms with E-state index in [0.717, 1.165) is 48.2 Å². The van der Waals surface area contributed by atoms with Gasteiger partial charge in [-0.15, -0.1) is 0 Å². The van der Waals surface area contributed by atoms with E-state index in [2.05, 4.69) is 5.32 Å². The van der Waals surface area contributed by atoms with Gasteiger partial charge in [0, 0.05) is 17.6 Å². The van der Waals surface area contributed by atoms with Gasteiger partial charge < -0.3 is 15.0 Å². The summed E-state index contributed by atoms with van der Waals surface area (Å²) in [6.45, 7) is 1.45. The highest BCUT2D eigenvalue weighted by Crippen LogP contribution is 2.33. The van der Waals surface area contributed by atoms with Crippen LogP contribution in [0.15, 0.2) is 48.5 Å². The Bertz CT molecular complexity index is 1170. The first-order valence-corrected chi connectivity index (χ1v) is 14.8. The van der Waals surface area contributed by atoms with Gasteiger partial charge in [0.2, 0.25) is 21.8 Å². The van der Waals surface area contributed by atoms with Crippen molar-refractivity contribution in [1.82, 2.24) is 10.2 Å². The summed E-state index contributed by atoms with van der Waals surface area (Å²) in [5.74, 6) is -0.462. The van der Waals surface area contributed by atoms with Crippen LogP contribution < -0.4 is 14.4 Å². The van der Waals surface area contributed by atoms with Crippen LogP contribution in [0.1, 0.15) is 44.6 Å². The van der Waals surface area contributed by atoms with Crippen LogP contribution in [0.3, 0.4) is 0 Å². The smallest absolute Gasteiger partial charge is 0.244 e. The Kier molecular flexibility index (Phi) is 10.2. The number of amides is 2. The van der Waals surface area contributed by atoms with E-state index in [1.165, 1.54) is 18.1 Å². The Labute approximate surface area is 225 Å². The van der Waals surface area contributed by atoms with Gasteiger partial charge in [0.05, 0.1) is 19.1 Å². The normalized spacial score (nSPS) is 15.0. The zero-order valence-corrected chi connectivity index (χ0v) is 23.2. The van der Waals surface area contributed by atoms with Gasteiger partial charge >= 0.3 is 0 Å². The van der Waals surface area contributed by atoms with Gasteiger partial charge in [-0.3, -0.25) is 13.9 Å². The summed E-state index contributed by atoms with van der Waals surface area (Å²) in [4.78, 5) is 28.3. The van der Waals surface area contributed by atoms with Crippen molar-refractivity contribution >= 4 is 39.1 Å². The highest BCUT2D eigenvalue weighted by Gasteiger charge is 2.32. The number of nitrogens with zero attached hydrogens (tertiary/aromatic N) is 2. The van der Waals surface area contributed by atoms with Crippen molar-refractivity contribution in [2.24, 2.45) is 0 Å². The highest BCUT2D eigenvalue weighted by atomic mass is 35.5. The third-order valence-electron chi connectivity index (χ3n) is 6.69. The maximum Gasteiger partial charge on any atom is 0.244 e. The summed E-state index contributed by atoms with van der Waals surface area (Å²) in [6.07, 6.45) is 6.69. The van der Waals surface area contributed by atoms with Crippen LogP contribution in [0.4, 0.5) is 5.69 Å². The second-order valence-electron chi connectivity index (χ2n) is 9.43. The molecule has 0 unspecified atom stereocenters. The number of benzene rings is 2. The lowest BCUT2D eigenvalue weighted by molar-refractivity contribution is -0.139. The first kappa shape index (κ1) is 28.8. The molecular weight excluding hydrogens is 514 g/mol. The second-order valence-corrected chi connectivity index (χ2v) is 11.8. The van der Waals surface area contributed by atoms with Crippen LogP contribution in [-0.4, -0.2) is 63.7 Å². The molecule has 2 amide bonds. The lowest BCUT2D eigenvalue weighted by Gasteiger charge is -2.33. The van der Waals surface area contributed by atoms with Crippen LogP contribution in [0.5, 0.6) is 5.75 Å². The minimum absolute atomic E-state index is 0.0954. The molecule has 0 spiro atoms. The monoisotopic (exact) mass is 549 g/mol. The maximum absolute atomic E-state index is 13.7. The number of carbonyl (C=O) groups is 2. The van der Waals surface area contributed by atoms with Crippen LogP contribution in [0.2, 0.25) is 5.02 Å². The summed E-state index contributed by atoms with van der Waals surface area (Å²) in [6, 6.07) is 13.5. The van der Waals surface area contributed by atoms with Gasteiger partial charge in [0.25, 0.3) is 0 Å². The van der Waals surface area contributed by atoms with E-state index in [-0.39, 0.29) is 29.9 Å². The van der Waals surface area contributed by atoms with Crippen molar-refractivity contribution in [2.75, 3.05) is 30.8 Å². The summed E-state index contributed by atoms with van der Waals surface area (Å²) >= 11 is 6.14. The number of carbonyl (C=O) groups excluding carboxylic acids is 2. The van der Waals surface area contributed by atoms with Gasteiger partial charge in [-0.1, -0.05) is 61.2 Å². The van der Waals surface area contributed by atoms with Crippen molar-refractivity contribution in [2.45, 2.75) is 57.5 Å². The molecule has 2 aromatic carbocycles. The quantitative estimate of drug-likeness (QED) is 0.456. The Morgan fingerprint density at radius 3 is 2.41 bits per heavy atom. The van der Waals surface area contributed by atoms with Crippen LogP contribution in [0.25, 0.3) is 0 Å². The number of halogens is 1. The Hall–Kier alpha value is -2.78. The van der Waals surface area contributed by atoms with Crippen molar-refractivity contribution in [1.29, 1.82) is 0 Å². The van der Waals surface area contributed by atoms with E-state index < -0.39 is 28.5 Å². The number of hydrogen-bond donors (Lipinski definition) is 1. The van der Waals surface area contributed by atoms with E-state index in [4.69, 9.17) is 16.3 Å². The van der Waals surface area contributed by atoms with E-state index in [0.29, 0.717) is 11.4 Å². The Balaban J connectivity index is 1.86. The van der Waals surface area contributed by atoms with Gasteiger partial charge in [-0.05, 0) is 49.9 Å². The van der Waals surface area contributed by atoms with E-state index >= 15 is 0 Å². The van der Waals surface area contributed by atoms with E-state index in [9.17, 15) is 18.0 Å². The van der Waals surface area contributed by atoms with Crippen molar-refractivity contribution in [3.05, 3.63) is 59.1 Å². The number of anilines is 1. The Morgan fingerprint density at radius 1 is 1.11 bits per heavy atom. The first-order chi connectivity index (χ1) is 17.6. The maximum atomic E-state index is 13.7. The molecule has 0 radical (unpaired) electrons. The molecule has 0 heterocycles. The zero-order chi connectivity index (χ0) is 27.0. The molecule has 202 valence electrons. The molecule has 1 aliphatic carbocycles. The molecule has 1 saturated carbocycles. The molecule has 1 fully saturated rings. The van der Waals surface area contributed by atoms with Crippen molar-refractivity contribution < 1.29 is 22.7 Å². The fraction of sp³-hybridized carbons (Fsp3) is 0.481. The molecule has 10 heteroatoms. The average molecular weight is 550 g/mol. The summed E-state index contributed by atoms with van der Waals surface area (Å²) in [5.41, 5.74) is 1.17. The second kappa shape index (κ2) is 13.1. The number of ether oxygens (including phenoxy) is 1. The summed E-state index contributed by atoms with van der Waals surface area (Å²) in [5, 5.41) is 3.39. The predicted molar refractivity (Wildman–Crippen MR) is 147 cm³/mol. The van der Waals surface area contributed by atoms with Crippen LogP contribution in [-0.2, 0) is 26.0 Å².